The van der Waals surface area contributed by atoms with Gasteiger partial charge in [0, 0.05) is 5.69 Å². The highest BCUT2D eigenvalue weighted by Crippen LogP contribution is 2.34. The van der Waals surface area contributed by atoms with Crippen molar-refractivity contribution in [1.29, 1.82) is 0 Å². The molecular formula is C25H22N2O2. The van der Waals surface area contributed by atoms with Crippen molar-refractivity contribution in [2.75, 3.05) is 10.2 Å². The van der Waals surface area contributed by atoms with Crippen molar-refractivity contribution in [1.82, 2.24) is 0 Å². The van der Waals surface area contributed by atoms with Gasteiger partial charge in [0.1, 0.15) is 5.70 Å². The highest BCUT2D eigenvalue weighted by Gasteiger charge is 2.40. The fourth-order valence-corrected chi connectivity index (χ4v) is 3.48. The Morgan fingerprint density at radius 2 is 1.48 bits per heavy atom. The molecule has 1 aliphatic rings. The summed E-state index contributed by atoms with van der Waals surface area (Å²) >= 11 is 0. The molecule has 1 aliphatic heterocycles. The van der Waals surface area contributed by atoms with Crippen molar-refractivity contribution in [3.63, 3.8) is 0 Å². The molecule has 0 atom stereocenters. The van der Waals surface area contributed by atoms with E-state index in [0.717, 1.165) is 16.8 Å². The molecule has 2 amide bonds. The van der Waals surface area contributed by atoms with E-state index in [1.807, 2.05) is 87.5 Å². The number of rotatable bonds is 4. The van der Waals surface area contributed by atoms with Gasteiger partial charge in [0.05, 0.1) is 11.3 Å². The first-order chi connectivity index (χ1) is 14.0. The van der Waals surface area contributed by atoms with E-state index in [1.54, 1.807) is 6.07 Å². The maximum absolute atomic E-state index is 13.4. The zero-order valence-corrected chi connectivity index (χ0v) is 16.7. The SMILES string of the molecule is Cc1cccc(N2C(=O)C(Nc3ccc(C)c(C)c3)=C(c3ccccc3)C2=O)c1. The first kappa shape index (κ1) is 18.7. The number of imide groups is 1. The zero-order chi connectivity index (χ0) is 20.5. The van der Waals surface area contributed by atoms with Gasteiger partial charge in [-0.3, -0.25) is 9.59 Å². The molecule has 144 valence electrons. The van der Waals surface area contributed by atoms with Crippen LogP contribution in [0.5, 0.6) is 0 Å². The molecule has 3 aromatic rings. The standard InChI is InChI=1S/C25H22N2O2/c1-16-8-7-11-21(14-16)27-24(28)22(19-9-5-4-6-10-19)23(25(27)29)26-20-13-12-17(2)18(3)15-20/h4-15,26H,1-3H3. The van der Waals surface area contributed by atoms with Gasteiger partial charge in [0.15, 0.2) is 0 Å². The van der Waals surface area contributed by atoms with E-state index in [-0.39, 0.29) is 11.8 Å². The summed E-state index contributed by atoms with van der Waals surface area (Å²) in [4.78, 5) is 28.0. The first-order valence-corrected chi connectivity index (χ1v) is 9.55. The van der Waals surface area contributed by atoms with Gasteiger partial charge in [-0.25, -0.2) is 4.90 Å². The number of benzene rings is 3. The molecular weight excluding hydrogens is 360 g/mol. The topological polar surface area (TPSA) is 49.4 Å². The number of hydrogen-bond acceptors (Lipinski definition) is 3. The van der Waals surface area contributed by atoms with Crippen LogP contribution in [0.3, 0.4) is 0 Å². The highest BCUT2D eigenvalue weighted by atomic mass is 16.2. The molecule has 0 bridgehead atoms. The number of nitrogens with one attached hydrogen (secondary N) is 1. The third-order valence-electron chi connectivity index (χ3n) is 5.18. The van der Waals surface area contributed by atoms with Crippen LogP contribution in [-0.2, 0) is 9.59 Å². The maximum Gasteiger partial charge on any atom is 0.282 e. The second-order valence-corrected chi connectivity index (χ2v) is 7.32. The summed E-state index contributed by atoms with van der Waals surface area (Å²) in [5, 5.41) is 3.22. The summed E-state index contributed by atoms with van der Waals surface area (Å²) in [7, 11) is 0. The number of aryl methyl sites for hydroxylation is 3. The normalized spacial score (nSPS) is 14.0. The first-order valence-electron chi connectivity index (χ1n) is 9.55. The maximum atomic E-state index is 13.4. The van der Waals surface area contributed by atoms with Crippen molar-refractivity contribution in [3.8, 4) is 0 Å². The summed E-state index contributed by atoms with van der Waals surface area (Å²) in [6.45, 7) is 6.00. The minimum atomic E-state index is -0.349. The lowest BCUT2D eigenvalue weighted by atomic mass is 10.0. The Balaban J connectivity index is 1.82. The number of nitrogens with zero attached hydrogens (tertiary/aromatic N) is 1. The summed E-state index contributed by atoms with van der Waals surface area (Å²) in [6, 6.07) is 22.6. The molecule has 0 radical (unpaired) electrons. The predicted octanol–water partition coefficient (Wildman–Crippen LogP) is 5.01. The van der Waals surface area contributed by atoms with Crippen LogP contribution in [-0.4, -0.2) is 11.8 Å². The second kappa shape index (κ2) is 7.40. The Hall–Kier alpha value is -3.66. The quantitative estimate of drug-likeness (QED) is 0.646. The Kier molecular flexibility index (Phi) is 4.77. The van der Waals surface area contributed by atoms with Gasteiger partial charge >= 0.3 is 0 Å². The molecule has 0 fully saturated rings. The van der Waals surface area contributed by atoms with Crippen molar-refractivity contribution in [2.24, 2.45) is 0 Å². The smallest absolute Gasteiger partial charge is 0.282 e. The Labute approximate surface area is 170 Å². The third kappa shape index (κ3) is 3.45. The molecule has 0 saturated carbocycles. The Morgan fingerprint density at radius 1 is 0.724 bits per heavy atom. The molecule has 4 nitrogen and oxygen atoms in total. The van der Waals surface area contributed by atoms with E-state index >= 15 is 0 Å². The number of hydrogen-bond donors (Lipinski definition) is 1. The molecule has 0 saturated heterocycles. The van der Waals surface area contributed by atoms with E-state index in [1.165, 1.54) is 10.5 Å². The van der Waals surface area contributed by atoms with Crippen LogP contribution in [0.2, 0.25) is 0 Å². The zero-order valence-electron chi connectivity index (χ0n) is 16.7. The average Bonchev–Trinajstić information content (AvgIpc) is 2.95. The van der Waals surface area contributed by atoms with Gasteiger partial charge in [0.2, 0.25) is 0 Å². The van der Waals surface area contributed by atoms with Gasteiger partial charge < -0.3 is 5.32 Å². The monoisotopic (exact) mass is 382 g/mol. The third-order valence-corrected chi connectivity index (χ3v) is 5.18. The summed E-state index contributed by atoms with van der Waals surface area (Å²) < 4.78 is 0. The molecule has 0 unspecified atom stereocenters. The minimum absolute atomic E-state index is 0.297. The van der Waals surface area contributed by atoms with Crippen LogP contribution in [0.4, 0.5) is 11.4 Å². The summed E-state index contributed by atoms with van der Waals surface area (Å²) in [5.41, 5.74) is 6.02. The lowest BCUT2D eigenvalue weighted by Crippen LogP contribution is -2.32. The van der Waals surface area contributed by atoms with Gasteiger partial charge in [-0.15, -0.1) is 0 Å². The molecule has 3 aromatic carbocycles. The summed E-state index contributed by atoms with van der Waals surface area (Å²) in [5.74, 6) is -0.671. The predicted molar refractivity (Wildman–Crippen MR) is 117 cm³/mol. The Morgan fingerprint density at radius 3 is 2.17 bits per heavy atom. The van der Waals surface area contributed by atoms with Gasteiger partial charge in [-0.1, -0.05) is 48.5 Å². The van der Waals surface area contributed by atoms with Crippen LogP contribution in [0.25, 0.3) is 5.57 Å². The Bertz CT molecular complexity index is 1150. The van der Waals surface area contributed by atoms with E-state index in [0.29, 0.717) is 22.5 Å². The molecule has 4 rings (SSSR count). The fourth-order valence-electron chi connectivity index (χ4n) is 3.48. The van der Waals surface area contributed by atoms with Crippen LogP contribution in [0.1, 0.15) is 22.3 Å². The lowest BCUT2D eigenvalue weighted by molar-refractivity contribution is -0.120. The van der Waals surface area contributed by atoms with Crippen molar-refractivity contribution < 1.29 is 9.59 Å². The average molecular weight is 382 g/mol. The number of carbonyl (C=O) groups is 2. The number of amides is 2. The lowest BCUT2D eigenvalue weighted by Gasteiger charge is -2.16. The van der Waals surface area contributed by atoms with Gasteiger partial charge in [0.25, 0.3) is 11.8 Å². The molecule has 0 aliphatic carbocycles. The number of anilines is 2. The molecule has 1 N–H and O–H groups in total. The molecule has 0 aromatic heterocycles. The van der Waals surface area contributed by atoms with Crippen LogP contribution >= 0.6 is 0 Å². The van der Waals surface area contributed by atoms with E-state index in [2.05, 4.69) is 5.32 Å². The molecule has 0 spiro atoms. The largest absolute Gasteiger partial charge is 0.350 e. The fraction of sp³-hybridized carbons (Fsp3) is 0.120. The minimum Gasteiger partial charge on any atom is -0.350 e. The van der Waals surface area contributed by atoms with E-state index in [4.69, 9.17) is 0 Å². The van der Waals surface area contributed by atoms with E-state index < -0.39 is 0 Å². The number of carbonyl (C=O) groups excluding carboxylic acids is 2. The highest BCUT2D eigenvalue weighted by molar-refractivity contribution is 6.46. The molecule has 29 heavy (non-hydrogen) atoms. The van der Waals surface area contributed by atoms with Crippen LogP contribution in [0, 0.1) is 20.8 Å². The van der Waals surface area contributed by atoms with Gasteiger partial charge in [-0.05, 0) is 67.3 Å². The second-order valence-electron chi connectivity index (χ2n) is 7.32. The molecule has 1 heterocycles. The van der Waals surface area contributed by atoms with Gasteiger partial charge in [-0.2, -0.15) is 0 Å². The van der Waals surface area contributed by atoms with Crippen molar-refractivity contribution >= 4 is 28.8 Å². The van der Waals surface area contributed by atoms with Crippen LogP contribution in [0.15, 0.2) is 78.5 Å². The molecule has 4 heteroatoms. The van der Waals surface area contributed by atoms with Crippen molar-refractivity contribution in [2.45, 2.75) is 20.8 Å². The van der Waals surface area contributed by atoms with Crippen molar-refractivity contribution in [3.05, 3.63) is 101 Å². The van der Waals surface area contributed by atoms with Crippen LogP contribution < -0.4 is 10.2 Å². The van der Waals surface area contributed by atoms with E-state index in [9.17, 15) is 9.59 Å². The summed E-state index contributed by atoms with van der Waals surface area (Å²) in [6.07, 6.45) is 0.